The van der Waals surface area contributed by atoms with Crippen molar-refractivity contribution in [3.05, 3.63) is 58.7 Å². The third-order valence-electron chi connectivity index (χ3n) is 4.22. The van der Waals surface area contributed by atoms with Gasteiger partial charge in [0.05, 0.1) is 20.3 Å². The minimum absolute atomic E-state index is 0.493. The van der Waals surface area contributed by atoms with Gasteiger partial charge in [-0.3, -0.25) is 0 Å². The molecule has 2 rings (SSSR count). The Morgan fingerprint density at radius 2 is 1.71 bits per heavy atom. The van der Waals surface area contributed by atoms with E-state index in [4.69, 9.17) is 9.47 Å². The van der Waals surface area contributed by atoms with Crippen molar-refractivity contribution in [2.24, 2.45) is 0 Å². The zero-order valence-corrected chi connectivity index (χ0v) is 14.9. The van der Waals surface area contributed by atoms with Crippen molar-refractivity contribution in [2.75, 3.05) is 27.3 Å². The number of hydrogen-bond donors (Lipinski definition) is 2. The Kier molecular flexibility index (Phi) is 6.64. The first-order valence-electron chi connectivity index (χ1n) is 8.23. The molecule has 0 saturated heterocycles. The number of aryl methyl sites for hydroxylation is 1. The van der Waals surface area contributed by atoms with E-state index >= 15 is 0 Å². The van der Waals surface area contributed by atoms with Gasteiger partial charge in [-0.25, -0.2) is 0 Å². The number of benzene rings is 2. The molecule has 0 fully saturated rings. The van der Waals surface area contributed by atoms with Crippen molar-refractivity contribution >= 4 is 0 Å². The summed E-state index contributed by atoms with van der Waals surface area (Å²) in [4.78, 5) is 0. The maximum atomic E-state index is 10.2. The van der Waals surface area contributed by atoms with Gasteiger partial charge >= 0.3 is 0 Å². The number of rotatable bonds is 8. The first-order valence-corrected chi connectivity index (χ1v) is 8.23. The molecule has 1 atom stereocenters. The van der Waals surface area contributed by atoms with Crippen LogP contribution < -0.4 is 14.8 Å². The Hall–Kier alpha value is -2.04. The maximum absolute atomic E-state index is 10.2. The summed E-state index contributed by atoms with van der Waals surface area (Å²) in [5.74, 6) is 1.76. The van der Waals surface area contributed by atoms with Crippen LogP contribution in [0.1, 0.15) is 28.4 Å². The minimum Gasteiger partial charge on any atom is -0.496 e. The summed E-state index contributed by atoms with van der Waals surface area (Å²) in [6.07, 6.45) is 0.337. The van der Waals surface area contributed by atoms with Gasteiger partial charge in [-0.2, -0.15) is 0 Å². The van der Waals surface area contributed by atoms with E-state index in [0.29, 0.717) is 6.54 Å². The van der Waals surface area contributed by atoms with Gasteiger partial charge in [-0.05, 0) is 49.6 Å². The van der Waals surface area contributed by atoms with E-state index in [1.54, 1.807) is 14.2 Å². The van der Waals surface area contributed by atoms with Crippen LogP contribution >= 0.6 is 0 Å². The number of aliphatic hydroxyl groups is 1. The van der Waals surface area contributed by atoms with Crippen molar-refractivity contribution in [3.63, 3.8) is 0 Å². The molecule has 1 unspecified atom stereocenters. The summed E-state index contributed by atoms with van der Waals surface area (Å²) in [7, 11) is 3.37. The van der Waals surface area contributed by atoms with E-state index in [1.165, 1.54) is 0 Å². The van der Waals surface area contributed by atoms with Crippen LogP contribution in [-0.4, -0.2) is 32.4 Å². The van der Waals surface area contributed by atoms with Crippen LogP contribution in [0.15, 0.2) is 36.4 Å². The molecule has 0 aliphatic heterocycles. The van der Waals surface area contributed by atoms with Gasteiger partial charge < -0.3 is 19.9 Å². The highest BCUT2D eigenvalue weighted by molar-refractivity contribution is 5.53. The SMILES string of the molecule is COc1c(C)cc(CCNCC(O)c2ccccc2)c(OC)c1C. The Bertz CT molecular complexity index is 656. The van der Waals surface area contributed by atoms with Gasteiger partial charge in [0.15, 0.2) is 0 Å². The molecule has 4 heteroatoms. The second-order valence-corrected chi connectivity index (χ2v) is 5.92. The van der Waals surface area contributed by atoms with Crippen LogP contribution in [0, 0.1) is 13.8 Å². The van der Waals surface area contributed by atoms with Gasteiger partial charge in [-0.15, -0.1) is 0 Å². The van der Waals surface area contributed by atoms with Crippen LogP contribution in [0.2, 0.25) is 0 Å². The highest BCUT2D eigenvalue weighted by Crippen LogP contribution is 2.34. The highest BCUT2D eigenvalue weighted by Gasteiger charge is 2.14. The van der Waals surface area contributed by atoms with Crippen LogP contribution in [0.25, 0.3) is 0 Å². The van der Waals surface area contributed by atoms with E-state index in [2.05, 4.69) is 11.4 Å². The van der Waals surface area contributed by atoms with Gasteiger partial charge in [0.1, 0.15) is 11.5 Å². The fourth-order valence-electron chi connectivity index (χ4n) is 3.07. The normalized spacial score (nSPS) is 12.0. The monoisotopic (exact) mass is 329 g/mol. The van der Waals surface area contributed by atoms with Crippen LogP contribution in [0.3, 0.4) is 0 Å². The average Bonchev–Trinajstić information content (AvgIpc) is 2.59. The fraction of sp³-hybridized carbons (Fsp3) is 0.400. The molecule has 0 saturated carbocycles. The predicted octanol–water partition coefficient (Wildman–Crippen LogP) is 3.19. The summed E-state index contributed by atoms with van der Waals surface area (Å²) >= 11 is 0. The molecular formula is C20H27NO3. The Morgan fingerprint density at radius 1 is 1.04 bits per heavy atom. The topological polar surface area (TPSA) is 50.7 Å². The lowest BCUT2D eigenvalue weighted by atomic mass is 10.0. The summed E-state index contributed by atoms with van der Waals surface area (Å²) in [6, 6.07) is 11.8. The second kappa shape index (κ2) is 8.71. The number of aliphatic hydroxyl groups excluding tert-OH is 1. The zero-order valence-electron chi connectivity index (χ0n) is 14.9. The number of ether oxygens (including phenoxy) is 2. The molecule has 2 aromatic carbocycles. The highest BCUT2D eigenvalue weighted by atomic mass is 16.5. The summed E-state index contributed by atoms with van der Waals surface area (Å²) < 4.78 is 11.0. The number of hydrogen-bond acceptors (Lipinski definition) is 4. The van der Waals surface area contributed by atoms with Crippen molar-refractivity contribution < 1.29 is 14.6 Å². The quantitative estimate of drug-likeness (QED) is 0.730. The first-order chi connectivity index (χ1) is 11.6. The van der Waals surface area contributed by atoms with Crippen molar-refractivity contribution in [1.82, 2.24) is 5.32 Å². The molecule has 0 aromatic heterocycles. The lowest BCUT2D eigenvalue weighted by Crippen LogP contribution is -2.24. The van der Waals surface area contributed by atoms with Gasteiger partial charge in [-0.1, -0.05) is 30.3 Å². The molecule has 130 valence electrons. The predicted molar refractivity (Wildman–Crippen MR) is 97.0 cm³/mol. The van der Waals surface area contributed by atoms with Gasteiger partial charge in [0.2, 0.25) is 0 Å². The summed E-state index contributed by atoms with van der Waals surface area (Å²) in [6.45, 7) is 5.36. The van der Waals surface area contributed by atoms with Gasteiger partial charge in [0, 0.05) is 12.1 Å². The maximum Gasteiger partial charge on any atom is 0.128 e. The first kappa shape index (κ1) is 18.3. The third-order valence-corrected chi connectivity index (χ3v) is 4.22. The molecule has 4 nitrogen and oxygen atoms in total. The molecule has 2 N–H and O–H groups in total. The number of nitrogens with one attached hydrogen (secondary N) is 1. The lowest BCUT2D eigenvalue weighted by Gasteiger charge is -2.17. The average molecular weight is 329 g/mol. The molecular weight excluding hydrogens is 302 g/mol. The molecule has 0 radical (unpaired) electrons. The van der Waals surface area contributed by atoms with Crippen LogP contribution in [0.5, 0.6) is 11.5 Å². The molecule has 2 aromatic rings. The Balaban J connectivity index is 1.95. The molecule has 0 aliphatic rings. The standard InChI is InChI=1S/C20H27NO3/c1-14-12-17(20(24-4)15(2)19(14)23-3)10-11-21-13-18(22)16-8-6-5-7-9-16/h5-9,12,18,21-22H,10-11,13H2,1-4H3. The summed E-state index contributed by atoms with van der Waals surface area (Å²) in [5.41, 5.74) is 4.21. The van der Waals surface area contributed by atoms with Gasteiger partial charge in [0.25, 0.3) is 0 Å². The summed E-state index contributed by atoms with van der Waals surface area (Å²) in [5, 5.41) is 13.5. The van der Waals surface area contributed by atoms with Crippen molar-refractivity contribution in [2.45, 2.75) is 26.4 Å². The second-order valence-electron chi connectivity index (χ2n) is 5.92. The van der Waals surface area contributed by atoms with E-state index in [-0.39, 0.29) is 0 Å². The largest absolute Gasteiger partial charge is 0.496 e. The molecule has 0 bridgehead atoms. The van der Waals surface area contributed by atoms with E-state index in [9.17, 15) is 5.11 Å². The number of methoxy groups -OCH3 is 2. The molecule has 0 amide bonds. The smallest absolute Gasteiger partial charge is 0.128 e. The Labute approximate surface area is 144 Å². The molecule has 0 aliphatic carbocycles. The molecule has 0 heterocycles. The van der Waals surface area contributed by atoms with Crippen molar-refractivity contribution in [3.8, 4) is 11.5 Å². The van der Waals surface area contributed by atoms with Crippen LogP contribution in [0.4, 0.5) is 0 Å². The fourth-order valence-corrected chi connectivity index (χ4v) is 3.07. The molecule has 0 spiro atoms. The third kappa shape index (κ3) is 4.28. The zero-order chi connectivity index (χ0) is 17.5. The van der Waals surface area contributed by atoms with E-state index in [0.717, 1.165) is 46.7 Å². The lowest BCUT2D eigenvalue weighted by molar-refractivity contribution is 0.175. The molecule has 24 heavy (non-hydrogen) atoms. The van der Waals surface area contributed by atoms with Crippen LogP contribution in [-0.2, 0) is 6.42 Å². The Morgan fingerprint density at radius 3 is 2.33 bits per heavy atom. The minimum atomic E-state index is -0.493. The van der Waals surface area contributed by atoms with Crippen molar-refractivity contribution in [1.29, 1.82) is 0 Å². The van der Waals surface area contributed by atoms with E-state index in [1.807, 2.05) is 44.2 Å². The van der Waals surface area contributed by atoms with E-state index < -0.39 is 6.10 Å².